The molecule has 0 aliphatic heterocycles. The molecule has 0 aliphatic rings. The number of rotatable bonds is 6. The molecule has 140 valence electrons. The van der Waals surface area contributed by atoms with E-state index >= 15 is 0 Å². The number of nitrogens with zero attached hydrogens (tertiary/aromatic N) is 6. The van der Waals surface area contributed by atoms with Gasteiger partial charge in [0.25, 0.3) is 5.91 Å². The second kappa shape index (κ2) is 7.61. The number of halogens is 2. The smallest absolute Gasteiger partial charge is 0.358 e. The van der Waals surface area contributed by atoms with Gasteiger partial charge in [-0.2, -0.15) is 4.68 Å². The van der Waals surface area contributed by atoms with Crippen LogP contribution in [0, 0.1) is 22.9 Å². The molecular formula is C15H13BrFN7O3. The summed E-state index contributed by atoms with van der Waals surface area (Å²) in [6.07, 6.45) is 1.40. The van der Waals surface area contributed by atoms with Crippen LogP contribution < -0.4 is 5.32 Å². The number of hydrogen-bond donors (Lipinski definition) is 1. The van der Waals surface area contributed by atoms with Crippen LogP contribution >= 0.6 is 15.9 Å². The molecule has 0 spiro atoms. The van der Waals surface area contributed by atoms with Gasteiger partial charge in [0, 0.05) is 0 Å². The first-order valence-electron chi connectivity index (χ1n) is 7.64. The van der Waals surface area contributed by atoms with Crippen LogP contribution in [0.15, 0.2) is 35.1 Å². The lowest BCUT2D eigenvalue weighted by atomic mass is 10.2. The summed E-state index contributed by atoms with van der Waals surface area (Å²) in [5.41, 5.74) is 1.14. The van der Waals surface area contributed by atoms with Gasteiger partial charge in [-0.05, 0) is 45.5 Å². The van der Waals surface area contributed by atoms with E-state index in [9.17, 15) is 19.3 Å². The maximum absolute atomic E-state index is 13.2. The van der Waals surface area contributed by atoms with Crippen molar-refractivity contribution in [2.45, 2.75) is 20.0 Å². The minimum absolute atomic E-state index is 0.0646. The predicted octanol–water partition coefficient (Wildman–Crippen LogP) is 2.28. The van der Waals surface area contributed by atoms with E-state index < -0.39 is 10.8 Å². The number of carbonyl (C=O) groups excluding carboxylic acids is 1. The monoisotopic (exact) mass is 437 g/mol. The zero-order valence-electron chi connectivity index (χ0n) is 14.0. The fraction of sp³-hybridized carbons (Fsp3) is 0.200. The highest BCUT2D eigenvalue weighted by atomic mass is 79.9. The molecule has 27 heavy (non-hydrogen) atoms. The molecule has 0 fully saturated rings. The van der Waals surface area contributed by atoms with E-state index in [2.05, 4.69) is 36.4 Å². The van der Waals surface area contributed by atoms with E-state index in [1.807, 2.05) is 0 Å². The molecule has 0 bridgehead atoms. The molecule has 1 N–H and O–H groups in total. The molecule has 0 aliphatic carbocycles. The molecule has 3 rings (SSSR count). The van der Waals surface area contributed by atoms with Crippen LogP contribution in [0.2, 0.25) is 0 Å². The topological polar surface area (TPSA) is 121 Å². The Bertz CT molecular complexity index is 1020. The Morgan fingerprint density at radius 1 is 1.41 bits per heavy atom. The summed E-state index contributed by atoms with van der Waals surface area (Å²) in [5, 5.41) is 21.3. The fourth-order valence-corrected chi connectivity index (χ4v) is 2.76. The van der Waals surface area contributed by atoms with Crippen molar-refractivity contribution < 1.29 is 14.1 Å². The summed E-state index contributed by atoms with van der Waals surface area (Å²) in [4.78, 5) is 26.4. The molecule has 1 amide bonds. The van der Waals surface area contributed by atoms with Crippen LogP contribution in [-0.4, -0.2) is 35.4 Å². The third kappa shape index (κ3) is 4.34. The Morgan fingerprint density at radius 3 is 2.85 bits per heavy atom. The quantitative estimate of drug-likeness (QED) is 0.466. The minimum atomic E-state index is -0.638. The normalized spacial score (nSPS) is 10.8. The number of carbonyl (C=O) groups is 1. The Hall–Kier alpha value is -3.15. The van der Waals surface area contributed by atoms with Crippen LogP contribution in [0.5, 0.6) is 0 Å². The van der Waals surface area contributed by atoms with Gasteiger partial charge >= 0.3 is 5.82 Å². The van der Waals surface area contributed by atoms with Crippen molar-refractivity contribution in [3.05, 3.63) is 62.3 Å². The lowest BCUT2D eigenvalue weighted by Crippen LogP contribution is -2.21. The molecule has 0 saturated heterocycles. The fourth-order valence-electron chi connectivity index (χ4n) is 2.33. The first-order chi connectivity index (χ1) is 12.8. The summed E-state index contributed by atoms with van der Waals surface area (Å²) in [6.45, 7) is 1.65. The van der Waals surface area contributed by atoms with Crippen LogP contribution in [0.1, 0.15) is 11.3 Å². The average Bonchev–Trinajstić information content (AvgIpc) is 3.14. The largest absolute Gasteiger partial charge is 0.404 e. The highest BCUT2D eigenvalue weighted by Crippen LogP contribution is 2.26. The van der Waals surface area contributed by atoms with Gasteiger partial charge in [-0.25, -0.2) is 14.1 Å². The molecule has 0 unspecified atom stereocenters. The highest BCUT2D eigenvalue weighted by Gasteiger charge is 2.24. The van der Waals surface area contributed by atoms with E-state index in [1.165, 1.54) is 27.8 Å². The second-order valence-electron chi connectivity index (χ2n) is 5.58. The van der Waals surface area contributed by atoms with Gasteiger partial charge in [0.05, 0.1) is 17.3 Å². The summed E-state index contributed by atoms with van der Waals surface area (Å²) in [6, 6.07) is 6.06. The molecule has 2 heterocycles. The Labute approximate surface area is 160 Å². The molecule has 0 atom stereocenters. The maximum Gasteiger partial charge on any atom is 0.404 e. The van der Waals surface area contributed by atoms with Gasteiger partial charge in [-0.15, -0.1) is 5.10 Å². The summed E-state index contributed by atoms with van der Waals surface area (Å²) >= 11 is 3.09. The van der Waals surface area contributed by atoms with E-state index in [0.29, 0.717) is 11.3 Å². The number of hydrogen-bond acceptors (Lipinski definition) is 6. The first-order valence-corrected chi connectivity index (χ1v) is 8.44. The zero-order valence-corrected chi connectivity index (χ0v) is 15.6. The Kier molecular flexibility index (Phi) is 5.26. The minimum Gasteiger partial charge on any atom is -0.358 e. The summed E-state index contributed by atoms with van der Waals surface area (Å²) in [7, 11) is 0. The lowest BCUT2D eigenvalue weighted by molar-refractivity contribution is -0.390. The van der Waals surface area contributed by atoms with Gasteiger partial charge in [-0.1, -0.05) is 12.1 Å². The van der Waals surface area contributed by atoms with Gasteiger partial charge in [0.2, 0.25) is 5.95 Å². The molecule has 0 radical (unpaired) electrons. The van der Waals surface area contributed by atoms with E-state index in [-0.39, 0.29) is 35.1 Å². The summed E-state index contributed by atoms with van der Waals surface area (Å²) < 4.78 is 16.1. The standard InChI is InChI=1S/C15H13BrFN7O3/c1-9-13(16)14(24(26)27)20-23(9)7-12(25)19-15-18-8-22(21-15)6-10-3-2-4-11(17)5-10/h2-5,8H,6-7H2,1H3,(H,19,21,25). The number of amides is 1. The van der Waals surface area contributed by atoms with Crippen molar-refractivity contribution in [1.29, 1.82) is 0 Å². The van der Waals surface area contributed by atoms with Gasteiger partial charge in [0.15, 0.2) is 0 Å². The van der Waals surface area contributed by atoms with Crippen LogP contribution in [0.4, 0.5) is 16.2 Å². The molecule has 12 heteroatoms. The van der Waals surface area contributed by atoms with Gasteiger partial charge in [-0.3, -0.25) is 10.1 Å². The lowest BCUT2D eigenvalue weighted by Gasteiger charge is -2.02. The summed E-state index contributed by atoms with van der Waals surface area (Å²) in [5.74, 6) is -1.14. The SMILES string of the molecule is Cc1c(Br)c([N+](=O)[O-])nn1CC(=O)Nc1ncn(Cc2cccc(F)c2)n1. The van der Waals surface area contributed by atoms with Crippen molar-refractivity contribution in [3.8, 4) is 0 Å². The van der Waals surface area contributed by atoms with Crippen molar-refractivity contribution in [2.75, 3.05) is 5.32 Å². The predicted molar refractivity (Wildman–Crippen MR) is 95.5 cm³/mol. The van der Waals surface area contributed by atoms with Crippen molar-refractivity contribution in [3.63, 3.8) is 0 Å². The number of anilines is 1. The van der Waals surface area contributed by atoms with Gasteiger partial charge in [0.1, 0.15) is 23.2 Å². The third-order valence-corrected chi connectivity index (χ3v) is 4.53. The second-order valence-corrected chi connectivity index (χ2v) is 6.37. The number of nitro groups is 1. The van der Waals surface area contributed by atoms with Crippen molar-refractivity contribution in [1.82, 2.24) is 24.5 Å². The highest BCUT2D eigenvalue weighted by molar-refractivity contribution is 9.10. The maximum atomic E-state index is 13.2. The Morgan fingerprint density at radius 2 is 2.19 bits per heavy atom. The van der Waals surface area contributed by atoms with E-state index in [4.69, 9.17) is 0 Å². The molecule has 3 aromatic rings. The van der Waals surface area contributed by atoms with E-state index in [0.717, 1.165) is 0 Å². The van der Waals surface area contributed by atoms with Crippen LogP contribution in [0.3, 0.4) is 0 Å². The van der Waals surface area contributed by atoms with Crippen LogP contribution in [0.25, 0.3) is 0 Å². The number of benzene rings is 1. The number of nitrogens with one attached hydrogen (secondary N) is 1. The van der Waals surface area contributed by atoms with Crippen LogP contribution in [-0.2, 0) is 17.9 Å². The average molecular weight is 438 g/mol. The first kappa shape index (κ1) is 18.6. The number of aromatic nitrogens is 5. The molecule has 10 nitrogen and oxygen atoms in total. The zero-order chi connectivity index (χ0) is 19.6. The molecule has 0 saturated carbocycles. The third-order valence-electron chi connectivity index (χ3n) is 3.60. The molecule has 2 aromatic heterocycles. The van der Waals surface area contributed by atoms with Crippen molar-refractivity contribution >= 4 is 33.6 Å². The molecular weight excluding hydrogens is 425 g/mol. The van der Waals surface area contributed by atoms with Gasteiger partial charge < -0.3 is 10.1 Å². The van der Waals surface area contributed by atoms with E-state index in [1.54, 1.807) is 19.1 Å². The Balaban J connectivity index is 1.64. The molecule has 1 aromatic carbocycles. The van der Waals surface area contributed by atoms with Crippen molar-refractivity contribution in [2.24, 2.45) is 0 Å².